The molecule has 4 heteroatoms. The van der Waals surface area contributed by atoms with Gasteiger partial charge in [-0.3, -0.25) is 9.69 Å². The van der Waals surface area contributed by atoms with Gasteiger partial charge in [0.1, 0.15) is 5.75 Å². The number of hydrogen-bond acceptors (Lipinski definition) is 4. The van der Waals surface area contributed by atoms with Crippen LogP contribution in [0.2, 0.25) is 0 Å². The van der Waals surface area contributed by atoms with Gasteiger partial charge in [-0.05, 0) is 25.2 Å². The highest BCUT2D eigenvalue weighted by atomic mass is 16.5. The van der Waals surface area contributed by atoms with E-state index >= 15 is 0 Å². The Balaban J connectivity index is 2.00. The summed E-state index contributed by atoms with van der Waals surface area (Å²) < 4.78 is 10.2. The van der Waals surface area contributed by atoms with E-state index < -0.39 is 0 Å². The summed E-state index contributed by atoms with van der Waals surface area (Å²) in [5.41, 5.74) is 1.67. The predicted molar refractivity (Wildman–Crippen MR) is 72.4 cm³/mol. The van der Waals surface area contributed by atoms with Crippen LogP contribution in [0, 0.1) is 0 Å². The van der Waals surface area contributed by atoms with Crippen LogP contribution in [0.3, 0.4) is 0 Å². The Labute approximate surface area is 112 Å². The Kier molecular flexibility index (Phi) is 4.36. The van der Waals surface area contributed by atoms with E-state index in [0.29, 0.717) is 24.4 Å². The van der Waals surface area contributed by atoms with Gasteiger partial charge in [-0.1, -0.05) is 12.1 Å². The molecule has 0 aliphatic rings. The van der Waals surface area contributed by atoms with Crippen LogP contribution in [0.4, 0.5) is 0 Å². The largest absolute Gasteiger partial charge is 0.496 e. The number of nitrogens with zero attached hydrogens (tertiary/aromatic N) is 1. The maximum Gasteiger partial charge on any atom is 0.180 e. The summed E-state index contributed by atoms with van der Waals surface area (Å²) >= 11 is 0. The lowest BCUT2D eigenvalue weighted by molar-refractivity contribution is 0.0940. The van der Waals surface area contributed by atoms with Crippen molar-refractivity contribution < 1.29 is 13.9 Å². The van der Waals surface area contributed by atoms with E-state index in [9.17, 15) is 4.79 Å². The first-order valence-electron chi connectivity index (χ1n) is 6.06. The minimum Gasteiger partial charge on any atom is -0.496 e. The van der Waals surface area contributed by atoms with Gasteiger partial charge in [0.15, 0.2) is 5.78 Å². The van der Waals surface area contributed by atoms with E-state index in [0.717, 1.165) is 5.56 Å². The Morgan fingerprint density at radius 3 is 2.79 bits per heavy atom. The van der Waals surface area contributed by atoms with Crippen molar-refractivity contribution in [3.8, 4) is 5.75 Å². The number of carbonyl (C=O) groups is 1. The number of hydrogen-bond donors (Lipinski definition) is 0. The van der Waals surface area contributed by atoms with Gasteiger partial charge in [0.25, 0.3) is 0 Å². The van der Waals surface area contributed by atoms with Gasteiger partial charge in [-0.25, -0.2) is 0 Å². The Morgan fingerprint density at radius 2 is 2.11 bits per heavy atom. The Hall–Kier alpha value is -2.07. The summed E-state index contributed by atoms with van der Waals surface area (Å²) in [6.45, 7) is 1.02. The molecule has 1 heterocycles. The molecule has 0 saturated heterocycles. The summed E-state index contributed by atoms with van der Waals surface area (Å²) in [5, 5.41) is 0. The first-order valence-corrected chi connectivity index (χ1v) is 6.06. The lowest BCUT2D eigenvalue weighted by Crippen LogP contribution is -2.25. The van der Waals surface area contributed by atoms with E-state index in [-0.39, 0.29) is 5.78 Å². The molecular formula is C15H17NO3. The quantitative estimate of drug-likeness (QED) is 0.748. The molecule has 19 heavy (non-hydrogen) atoms. The van der Waals surface area contributed by atoms with Crippen LogP contribution in [-0.2, 0) is 6.54 Å². The number of ether oxygens (including phenoxy) is 1. The van der Waals surface area contributed by atoms with Crippen molar-refractivity contribution in [2.24, 2.45) is 0 Å². The van der Waals surface area contributed by atoms with Crippen molar-refractivity contribution in [2.75, 3.05) is 20.7 Å². The topological polar surface area (TPSA) is 42.7 Å². The zero-order valence-electron chi connectivity index (χ0n) is 11.1. The van der Waals surface area contributed by atoms with E-state index in [1.165, 1.54) is 0 Å². The molecule has 4 nitrogen and oxygen atoms in total. The lowest BCUT2D eigenvalue weighted by atomic mass is 10.1. The third-order valence-electron chi connectivity index (χ3n) is 2.85. The fourth-order valence-electron chi connectivity index (χ4n) is 1.96. The van der Waals surface area contributed by atoms with Gasteiger partial charge < -0.3 is 9.15 Å². The molecule has 0 spiro atoms. The second-order valence-electron chi connectivity index (χ2n) is 4.43. The standard InChI is InChI=1S/C15H17NO3/c1-16(9-12-7-8-19-11-12)10-14(17)13-5-3-4-6-15(13)18-2/h3-8,11H,9-10H2,1-2H3. The Morgan fingerprint density at radius 1 is 1.32 bits per heavy atom. The van der Waals surface area contributed by atoms with Crippen molar-refractivity contribution >= 4 is 5.78 Å². The third-order valence-corrected chi connectivity index (χ3v) is 2.85. The van der Waals surface area contributed by atoms with Gasteiger partial charge in [0.2, 0.25) is 0 Å². The highest BCUT2D eigenvalue weighted by Crippen LogP contribution is 2.18. The van der Waals surface area contributed by atoms with Crippen molar-refractivity contribution in [1.29, 1.82) is 0 Å². The monoisotopic (exact) mass is 259 g/mol. The maximum atomic E-state index is 12.2. The van der Waals surface area contributed by atoms with Gasteiger partial charge in [0, 0.05) is 12.1 Å². The molecule has 0 aliphatic heterocycles. The van der Waals surface area contributed by atoms with Crippen molar-refractivity contribution in [3.05, 3.63) is 54.0 Å². The normalized spacial score (nSPS) is 10.7. The molecule has 0 bridgehead atoms. The van der Waals surface area contributed by atoms with E-state index in [1.807, 2.05) is 30.1 Å². The number of carbonyl (C=O) groups excluding carboxylic acids is 1. The number of para-hydroxylation sites is 1. The minimum absolute atomic E-state index is 0.0449. The fraction of sp³-hybridized carbons (Fsp3) is 0.267. The number of benzene rings is 1. The van der Waals surface area contributed by atoms with Crippen LogP contribution in [0.25, 0.3) is 0 Å². The molecule has 0 N–H and O–H groups in total. The average Bonchev–Trinajstić information content (AvgIpc) is 2.91. The van der Waals surface area contributed by atoms with Gasteiger partial charge >= 0.3 is 0 Å². The lowest BCUT2D eigenvalue weighted by Gasteiger charge is -2.15. The SMILES string of the molecule is COc1ccccc1C(=O)CN(C)Cc1ccoc1. The zero-order valence-corrected chi connectivity index (χ0v) is 11.1. The number of rotatable bonds is 6. The van der Waals surface area contributed by atoms with Crippen LogP contribution in [0.15, 0.2) is 47.3 Å². The highest BCUT2D eigenvalue weighted by Gasteiger charge is 2.14. The first-order chi connectivity index (χ1) is 9.20. The molecule has 0 radical (unpaired) electrons. The van der Waals surface area contributed by atoms with Crippen LogP contribution in [0.1, 0.15) is 15.9 Å². The molecule has 0 unspecified atom stereocenters. The zero-order chi connectivity index (χ0) is 13.7. The first kappa shape index (κ1) is 13.4. The minimum atomic E-state index is 0.0449. The second-order valence-corrected chi connectivity index (χ2v) is 4.43. The van der Waals surface area contributed by atoms with E-state index in [4.69, 9.17) is 9.15 Å². The molecular weight excluding hydrogens is 242 g/mol. The predicted octanol–water partition coefficient (Wildman–Crippen LogP) is 2.60. The summed E-state index contributed by atoms with van der Waals surface area (Å²) in [4.78, 5) is 14.2. The summed E-state index contributed by atoms with van der Waals surface area (Å²) in [6.07, 6.45) is 3.31. The van der Waals surface area contributed by atoms with Gasteiger partial charge in [0.05, 0.1) is 31.7 Å². The summed E-state index contributed by atoms with van der Waals surface area (Å²) in [6, 6.07) is 9.16. The molecule has 0 amide bonds. The van der Waals surface area contributed by atoms with Crippen molar-refractivity contribution in [2.45, 2.75) is 6.54 Å². The number of furan rings is 1. The van der Waals surface area contributed by atoms with Crippen molar-refractivity contribution in [1.82, 2.24) is 4.90 Å². The highest BCUT2D eigenvalue weighted by molar-refractivity contribution is 6.00. The van der Waals surface area contributed by atoms with Crippen molar-refractivity contribution in [3.63, 3.8) is 0 Å². The molecule has 2 rings (SSSR count). The number of likely N-dealkylation sites (N-methyl/N-ethyl adjacent to an activating group) is 1. The van der Waals surface area contributed by atoms with Crippen LogP contribution in [0.5, 0.6) is 5.75 Å². The third kappa shape index (κ3) is 3.45. The average molecular weight is 259 g/mol. The fourth-order valence-corrected chi connectivity index (χ4v) is 1.96. The molecule has 0 fully saturated rings. The molecule has 1 aromatic heterocycles. The molecule has 0 atom stereocenters. The van der Waals surface area contributed by atoms with E-state index in [2.05, 4.69) is 0 Å². The molecule has 100 valence electrons. The van der Waals surface area contributed by atoms with Gasteiger partial charge in [-0.2, -0.15) is 0 Å². The molecule has 0 aliphatic carbocycles. The van der Waals surface area contributed by atoms with Crippen LogP contribution < -0.4 is 4.74 Å². The number of methoxy groups -OCH3 is 1. The summed E-state index contributed by atoms with van der Waals surface area (Å²) in [7, 11) is 3.47. The van der Waals surface area contributed by atoms with Crippen LogP contribution >= 0.6 is 0 Å². The number of ketones is 1. The summed E-state index contributed by atoms with van der Waals surface area (Å²) in [5.74, 6) is 0.660. The smallest absolute Gasteiger partial charge is 0.180 e. The molecule has 1 aromatic carbocycles. The molecule has 0 saturated carbocycles. The number of Topliss-reactive ketones (excluding diaryl/α,β-unsaturated/α-hetero) is 1. The molecule has 2 aromatic rings. The maximum absolute atomic E-state index is 12.2. The second kappa shape index (κ2) is 6.20. The Bertz CT molecular complexity index is 534. The van der Waals surface area contributed by atoms with Crippen LogP contribution in [-0.4, -0.2) is 31.4 Å². The van der Waals surface area contributed by atoms with E-state index in [1.54, 1.807) is 31.8 Å². The van der Waals surface area contributed by atoms with Gasteiger partial charge in [-0.15, -0.1) is 0 Å².